The molecule has 1 fully saturated rings. The van der Waals surface area contributed by atoms with Crippen molar-refractivity contribution in [3.8, 4) is 5.75 Å². The standard InChI is InChI=1S/C21H25N3O3/c1-3-27-19-10-5-4-7-18(19)22-13-20(25)23-16-8-6-9-17(14(16)2)24-21(26)15-11-12-15/h4-10,15,22H,3,11-13H2,1-2H3,(H,23,25)(H,24,26). The third-order valence-electron chi connectivity index (χ3n) is 4.44. The monoisotopic (exact) mass is 367 g/mol. The van der Waals surface area contributed by atoms with Crippen LogP contribution in [-0.4, -0.2) is 25.0 Å². The van der Waals surface area contributed by atoms with Crippen LogP contribution < -0.4 is 20.7 Å². The van der Waals surface area contributed by atoms with E-state index in [0.717, 1.165) is 29.8 Å². The Morgan fingerprint density at radius 1 is 1.00 bits per heavy atom. The Morgan fingerprint density at radius 3 is 2.37 bits per heavy atom. The molecule has 1 saturated carbocycles. The molecule has 2 aromatic rings. The Bertz CT molecular complexity index is 831. The van der Waals surface area contributed by atoms with E-state index in [9.17, 15) is 9.59 Å². The average Bonchev–Trinajstić information content (AvgIpc) is 3.50. The van der Waals surface area contributed by atoms with Crippen molar-refractivity contribution in [2.45, 2.75) is 26.7 Å². The molecule has 6 nitrogen and oxygen atoms in total. The van der Waals surface area contributed by atoms with Gasteiger partial charge >= 0.3 is 0 Å². The van der Waals surface area contributed by atoms with Crippen LogP contribution in [0.1, 0.15) is 25.3 Å². The lowest BCUT2D eigenvalue weighted by Gasteiger charge is -2.15. The topological polar surface area (TPSA) is 79.5 Å². The number of carbonyl (C=O) groups is 2. The Labute approximate surface area is 159 Å². The van der Waals surface area contributed by atoms with Crippen molar-refractivity contribution < 1.29 is 14.3 Å². The maximum absolute atomic E-state index is 12.4. The summed E-state index contributed by atoms with van der Waals surface area (Å²) >= 11 is 0. The minimum atomic E-state index is -0.171. The van der Waals surface area contributed by atoms with Crippen LogP contribution in [0.3, 0.4) is 0 Å². The van der Waals surface area contributed by atoms with Gasteiger partial charge < -0.3 is 20.7 Å². The Kier molecular flexibility index (Phi) is 5.96. The van der Waals surface area contributed by atoms with Crippen LogP contribution in [0.5, 0.6) is 5.75 Å². The van der Waals surface area contributed by atoms with Crippen molar-refractivity contribution in [3.63, 3.8) is 0 Å². The van der Waals surface area contributed by atoms with Crippen LogP contribution in [0.2, 0.25) is 0 Å². The van der Waals surface area contributed by atoms with E-state index in [-0.39, 0.29) is 24.3 Å². The van der Waals surface area contributed by atoms with E-state index in [4.69, 9.17) is 4.74 Å². The van der Waals surface area contributed by atoms with Crippen LogP contribution in [0, 0.1) is 12.8 Å². The SMILES string of the molecule is CCOc1ccccc1NCC(=O)Nc1cccc(NC(=O)C2CC2)c1C. The molecule has 0 aliphatic heterocycles. The first-order valence-electron chi connectivity index (χ1n) is 9.24. The summed E-state index contributed by atoms with van der Waals surface area (Å²) in [6, 6.07) is 13.0. The molecule has 6 heteroatoms. The normalized spacial score (nSPS) is 13.0. The smallest absolute Gasteiger partial charge is 0.243 e. The van der Waals surface area contributed by atoms with Crippen molar-refractivity contribution in [3.05, 3.63) is 48.0 Å². The summed E-state index contributed by atoms with van der Waals surface area (Å²) < 4.78 is 5.55. The zero-order valence-electron chi connectivity index (χ0n) is 15.7. The summed E-state index contributed by atoms with van der Waals surface area (Å²) in [4.78, 5) is 24.3. The molecule has 0 atom stereocenters. The van der Waals surface area contributed by atoms with Gasteiger partial charge in [-0.15, -0.1) is 0 Å². The number of amides is 2. The lowest BCUT2D eigenvalue weighted by molar-refractivity contribution is -0.117. The fourth-order valence-electron chi connectivity index (χ4n) is 2.75. The summed E-state index contributed by atoms with van der Waals surface area (Å²) in [7, 11) is 0. The fraction of sp³-hybridized carbons (Fsp3) is 0.333. The summed E-state index contributed by atoms with van der Waals surface area (Å²) in [6.07, 6.45) is 1.91. The lowest BCUT2D eigenvalue weighted by atomic mass is 10.1. The van der Waals surface area contributed by atoms with Crippen molar-refractivity contribution in [2.24, 2.45) is 5.92 Å². The van der Waals surface area contributed by atoms with Crippen LogP contribution in [0.15, 0.2) is 42.5 Å². The van der Waals surface area contributed by atoms with Crippen LogP contribution >= 0.6 is 0 Å². The first-order chi connectivity index (χ1) is 13.1. The Balaban J connectivity index is 1.60. The number of anilines is 3. The number of ether oxygens (including phenoxy) is 1. The first kappa shape index (κ1) is 18.8. The maximum Gasteiger partial charge on any atom is 0.243 e. The summed E-state index contributed by atoms with van der Waals surface area (Å²) in [5.41, 5.74) is 3.04. The van der Waals surface area contributed by atoms with Crippen molar-refractivity contribution in [2.75, 3.05) is 29.1 Å². The highest BCUT2D eigenvalue weighted by Crippen LogP contribution is 2.31. The molecule has 0 radical (unpaired) electrons. The van der Waals surface area contributed by atoms with Gasteiger partial charge in [-0.3, -0.25) is 9.59 Å². The van der Waals surface area contributed by atoms with Crippen LogP contribution in [-0.2, 0) is 9.59 Å². The lowest BCUT2D eigenvalue weighted by Crippen LogP contribution is -2.23. The largest absolute Gasteiger partial charge is 0.492 e. The second-order valence-corrected chi connectivity index (χ2v) is 6.57. The molecule has 2 amide bonds. The van der Waals surface area contributed by atoms with Gasteiger partial charge in [0.1, 0.15) is 5.75 Å². The van der Waals surface area contributed by atoms with Crippen molar-refractivity contribution >= 4 is 28.9 Å². The average molecular weight is 367 g/mol. The number of hydrogen-bond acceptors (Lipinski definition) is 4. The quantitative estimate of drug-likeness (QED) is 0.663. The van der Waals surface area contributed by atoms with E-state index < -0.39 is 0 Å². The molecule has 0 unspecified atom stereocenters. The van der Waals surface area contributed by atoms with Gasteiger partial charge in [-0.25, -0.2) is 0 Å². The molecular formula is C21H25N3O3. The Morgan fingerprint density at radius 2 is 1.67 bits per heavy atom. The van der Waals surface area contributed by atoms with E-state index in [1.165, 1.54) is 0 Å². The van der Waals surface area contributed by atoms with Gasteiger partial charge in [0.2, 0.25) is 11.8 Å². The van der Waals surface area contributed by atoms with Gasteiger partial charge in [-0.1, -0.05) is 18.2 Å². The van der Waals surface area contributed by atoms with Gasteiger partial charge in [-0.05, 0) is 56.5 Å². The van der Waals surface area contributed by atoms with E-state index in [2.05, 4.69) is 16.0 Å². The molecule has 0 spiro atoms. The van der Waals surface area contributed by atoms with Crippen LogP contribution in [0.4, 0.5) is 17.1 Å². The van der Waals surface area contributed by atoms with Gasteiger partial charge in [0.25, 0.3) is 0 Å². The molecular weight excluding hydrogens is 342 g/mol. The summed E-state index contributed by atoms with van der Waals surface area (Å²) in [5.74, 6) is 0.733. The van der Waals surface area contributed by atoms with Crippen molar-refractivity contribution in [1.82, 2.24) is 0 Å². The third-order valence-corrected chi connectivity index (χ3v) is 4.44. The van der Waals surface area contributed by atoms with E-state index >= 15 is 0 Å². The summed E-state index contributed by atoms with van der Waals surface area (Å²) in [6.45, 7) is 4.48. The van der Waals surface area contributed by atoms with Crippen molar-refractivity contribution in [1.29, 1.82) is 0 Å². The molecule has 0 heterocycles. The molecule has 1 aliphatic rings. The molecule has 27 heavy (non-hydrogen) atoms. The third kappa shape index (κ3) is 5.00. The number of rotatable bonds is 8. The molecule has 3 rings (SSSR count). The molecule has 0 saturated heterocycles. The highest BCUT2D eigenvalue weighted by atomic mass is 16.5. The van der Waals surface area contributed by atoms with Gasteiger partial charge in [0.05, 0.1) is 18.8 Å². The van der Waals surface area contributed by atoms with Gasteiger partial charge in [-0.2, -0.15) is 0 Å². The minimum Gasteiger partial charge on any atom is -0.492 e. The predicted molar refractivity (Wildman–Crippen MR) is 107 cm³/mol. The predicted octanol–water partition coefficient (Wildman–Crippen LogP) is 3.79. The molecule has 3 N–H and O–H groups in total. The number of nitrogens with one attached hydrogen (secondary N) is 3. The number of para-hydroxylation sites is 2. The highest BCUT2D eigenvalue weighted by molar-refractivity contribution is 5.98. The molecule has 0 aromatic heterocycles. The van der Waals surface area contributed by atoms with Gasteiger partial charge in [0, 0.05) is 17.3 Å². The van der Waals surface area contributed by atoms with E-state index in [0.29, 0.717) is 18.0 Å². The second kappa shape index (κ2) is 8.58. The fourth-order valence-corrected chi connectivity index (χ4v) is 2.75. The first-order valence-corrected chi connectivity index (χ1v) is 9.24. The van der Waals surface area contributed by atoms with Crippen LogP contribution in [0.25, 0.3) is 0 Å². The number of benzene rings is 2. The molecule has 142 valence electrons. The number of carbonyl (C=O) groups excluding carboxylic acids is 2. The Hall–Kier alpha value is -3.02. The minimum absolute atomic E-state index is 0.0516. The maximum atomic E-state index is 12.4. The zero-order valence-corrected chi connectivity index (χ0v) is 15.7. The number of hydrogen-bond donors (Lipinski definition) is 3. The highest BCUT2D eigenvalue weighted by Gasteiger charge is 2.29. The molecule has 2 aromatic carbocycles. The molecule has 0 bridgehead atoms. The van der Waals surface area contributed by atoms with E-state index in [1.807, 2.05) is 56.3 Å². The molecule has 1 aliphatic carbocycles. The summed E-state index contributed by atoms with van der Waals surface area (Å²) in [5, 5.41) is 8.94. The second-order valence-electron chi connectivity index (χ2n) is 6.57. The van der Waals surface area contributed by atoms with E-state index in [1.54, 1.807) is 0 Å². The van der Waals surface area contributed by atoms with Gasteiger partial charge in [0.15, 0.2) is 0 Å². The zero-order chi connectivity index (χ0) is 19.2.